The predicted octanol–water partition coefficient (Wildman–Crippen LogP) is 1.87. The Kier molecular flexibility index (Phi) is 8.45. The Labute approximate surface area is 201 Å². The zero-order chi connectivity index (χ0) is 24.9. The van der Waals surface area contributed by atoms with Crippen LogP contribution in [-0.2, 0) is 25.6 Å². The van der Waals surface area contributed by atoms with Gasteiger partial charge < -0.3 is 15.4 Å². The molecule has 1 aliphatic rings. The molecule has 10 nitrogen and oxygen atoms in total. The summed E-state index contributed by atoms with van der Waals surface area (Å²) in [5.41, 5.74) is 8.45. The molecule has 2 N–H and O–H groups in total. The van der Waals surface area contributed by atoms with Crippen molar-refractivity contribution in [2.75, 3.05) is 31.6 Å². The van der Waals surface area contributed by atoms with E-state index in [1.54, 1.807) is 20.9 Å². The molecule has 1 aromatic heterocycles. The minimum atomic E-state index is -3.98. The molecule has 3 rings (SSSR count). The molecule has 1 fully saturated rings. The number of amides is 1. The van der Waals surface area contributed by atoms with Crippen LogP contribution in [0.25, 0.3) is 0 Å². The van der Waals surface area contributed by atoms with Crippen molar-refractivity contribution in [3.8, 4) is 6.01 Å². The monoisotopic (exact) mass is 491 g/mol. The first-order valence-corrected chi connectivity index (χ1v) is 12.9. The average molecular weight is 492 g/mol. The lowest BCUT2D eigenvalue weighted by Crippen LogP contribution is -2.50. The van der Waals surface area contributed by atoms with Gasteiger partial charge in [0.2, 0.25) is 0 Å². The maximum atomic E-state index is 13.3. The van der Waals surface area contributed by atoms with E-state index in [-0.39, 0.29) is 17.8 Å². The third-order valence-corrected chi connectivity index (χ3v) is 7.18. The molecule has 2 aromatic rings. The number of nitrogens with zero attached hydrogens (tertiary/aromatic N) is 4. The van der Waals surface area contributed by atoms with E-state index < -0.39 is 22.3 Å². The van der Waals surface area contributed by atoms with Gasteiger partial charge >= 0.3 is 6.01 Å². The van der Waals surface area contributed by atoms with E-state index in [1.165, 1.54) is 17.4 Å². The quantitative estimate of drug-likeness (QED) is 0.413. The van der Waals surface area contributed by atoms with Crippen molar-refractivity contribution in [1.29, 1.82) is 0 Å². The van der Waals surface area contributed by atoms with Crippen LogP contribution in [0.3, 0.4) is 0 Å². The highest BCUT2D eigenvalue weighted by molar-refractivity contribution is 7.86. The van der Waals surface area contributed by atoms with Gasteiger partial charge in [0.25, 0.3) is 22.3 Å². The number of aromatic nitrogens is 2. The van der Waals surface area contributed by atoms with E-state index >= 15 is 0 Å². The molecular weight excluding hydrogens is 458 g/mol. The zero-order valence-corrected chi connectivity index (χ0v) is 20.9. The molecule has 1 atom stereocenters. The lowest BCUT2D eigenvalue weighted by atomic mass is 10.0. The molecule has 0 bridgehead atoms. The van der Waals surface area contributed by atoms with Crippen LogP contribution in [0.4, 0.5) is 5.69 Å². The number of piperidine rings is 1. The van der Waals surface area contributed by atoms with Crippen LogP contribution in [-0.4, -0.2) is 72.3 Å². The number of nitrogen functional groups attached to an aromatic ring is 1. The first-order valence-electron chi connectivity index (χ1n) is 11.3. The van der Waals surface area contributed by atoms with Crippen LogP contribution in [0.2, 0.25) is 0 Å². The van der Waals surface area contributed by atoms with Gasteiger partial charge in [0.1, 0.15) is 0 Å². The van der Waals surface area contributed by atoms with Crippen LogP contribution in [0.15, 0.2) is 30.3 Å². The zero-order valence-electron chi connectivity index (χ0n) is 20.1. The molecule has 1 aromatic carbocycles. The van der Waals surface area contributed by atoms with Crippen molar-refractivity contribution in [1.82, 2.24) is 19.8 Å². The summed E-state index contributed by atoms with van der Waals surface area (Å²) in [4.78, 5) is 25.4. The molecular formula is C23H33N5O5S. The fourth-order valence-electron chi connectivity index (χ4n) is 3.81. The number of likely N-dealkylation sites (tertiary alicyclic amines) is 1. The van der Waals surface area contributed by atoms with Gasteiger partial charge in [-0.2, -0.15) is 18.4 Å². The number of anilines is 1. The van der Waals surface area contributed by atoms with Crippen molar-refractivity contribution in [2.24, 2.45) is 0 Å². The Morgan fingerprint density at radius 1 is 1.18 bits per heavy atom. The summed E-state index contributed by atoms with van der Waals surface area (Å²) in [6.07, 6.45) is -0.225. The second-order valence-electron chi connectivity index (χ2n) is 8.43. The maximum Gasteiger partial charge on any atom is 0.319 e. The maximum absolute atomic E-state index is 13.3. The number of carbonyl (C=O) groups excluding carboxylic acids is 1. The van der Waals surface area contributed by atoms with Crippen molar-refractivity contribution in [2.45, 2.75) is 52.5 Å². The number of rotatable bonds is 9. The summed E-state index contributed by atoms with van der Waals surface area (Å²) in [5, 5.41) is 0. The summed E-state index contributed by atoms with van der Waals surface area (Å²) in [6, 6.07) is 9.98. The van der Waals surface area contributed by atoms with Gasteiger partial charge in [0.15, 0.2) is 0 Å². The summed E-state index contributed by atoms with van der Waals surface area (Å²) >= 11 is 0. The molecule has 186 valence electrons. The van der Waals surface area contributed by atoms with Crippen LogP contribution >= 0.6 is 0 Å². The predicted molar refractivity (Wildman–Crippen MR) is 128 cm³/mol. The van der Waals surface area contributed by atoms with Crippen molar-refractivity contribution in [3.05, 3.63) is 47.3 Å². The number of nitrogens with two attached hydrogens (primary N) is 1. The highest BCUT2D eigenvalue weighted by Gasteiger charge is 2.35. The van der Waals surface area contributed by atoms with Gasteiger partial charge in [-0.15, -0.1) is 0 Å². The molecule has 0 radical (unpaired) electrons. The second-order valence-corrected chi connectivity index (χ2v) is 10.3. The van der Waals surface area contributed by atoms with Gasteiger partial charge in [-0.3, -0.25) is 9.69 Å². The third-order valence-electron chi connectivity index (χ3n) is 6.01. The molecule has 1 saturated heterocycles. The molecule has 34 heavy (non-hydrogen) atoms. The van der Waals surface area contributed by atoms with Crippen LogP contribution in [0.5, 0.6) is 6.01 Å². The number of aryl methyl sites for hydroxylation is 2. The van der Waals surface area contributed by atoms with Crippen LogP contribution < -0.4 is 10.5 Å². The number of carbonyl (C=O) groups is 1. The Balaban J connectivity index is 1.69. The SMILES string of the molecule is CCS(=O)(=O)OC(Oc1nc(C)c(N)c(C)n1)C(=O)N(C)C1CCN(Cc2ccccc2)CC1. The lowest BCUT2D eigenvalue weighted by Gasteiger charge is -2.37. The van der Waals surface area contributed by atoms with E-state index in [0.29, 0.717) is 17.1 Å². The van der Waals surface area contributed by atoms with E-state index in [0.717, 1.165) is 32.5 Å². The summed E-state index contributed by atoms with van der Waals surface area (Å²) < 4.78 is 35.0. The largest absolute Gasteiger partial charge is 0.422 e. The Morgan fingerprint density at radius 3 is 2.32 bits per heavy atom. The number of ether oxygens (including phenoxy) is 1. The minimum absolute atomic E-state index is 0.0747. The fourth-order valence-corrected chi connectivity index (χ4v) is 4.33. The smallest absolute Gasteiger partial charge is 0.319 e. The lowest BCUT2D eigenvalue weighted by molar-refractivity contribution is -0.153. The molecule has 0 spiro atoms. The van der Waals surface area contributed by atoms with Gasteiger partial charge in [-0.05, 0) is 39.2 Å². The Hall–Kier alpha value is -2.76. The minimum Gasteiger partial charge on any atom is -0.422 e. The second kappa shape index (κ2) is 11.1. The Bertz CT molecular complexity index is 1070. The number of hydrogen-bond donors (Lipinski definition) is 1. The fraction of sp³-hybridized carbons (Fsp3) is 0.522. The summed E-state index contributed by atoms with van der Waals surface area (Å²) in [7, 11) is -2.34. The van der Waals surface area contributed by atoms with Crippen LogP contribution in [0.1, 0.15) is 36.7 Å². The molecule has 0 aliphatic carbocycles. The third kappa shape index (κ3) is 6.64. The normalized spacial score (nSPS) is 16.2. The number of likely N-dealkylation sites (N-methyl/N-ethyl adjacent to an activating group) is 1. The molecule has 1 unspecified atom stereocenters. The molecule has 1 amide bonds. The molecule has 2 heterocycles. The van der Waals surface area contributed by atoms with Gasteiger partial charge in [-0.25, -0.2) is 4.18 Å². The summed E-state index contributed by atoms with van der Waals surface area (Å²) in [6.45, 7) is 7.25. The first-order chi connectivity index (χ1) is 16.1. The number of benzene rings is 1. The van der Waals surface area contributed by atoms with E-state index in [4.69, 9.17) is 14.7 Å². The molecule has 1 aliphatic heterocycles. The highest BCUT2D eigenvalue weighted by atomic mass is 32.2. The first kappa shape index (κ1) is 25.9. The summed E-state index contributed by atoms with van der Waals surface area (Å²) in [5.74, 6) is -0.906. The number of hydrogen-bond acceptors (Lipinski definition) is 9. The Morgan fingerprint density at radius 2 is 1.76 bits per heavy atom. The van der Waals surface area contributed by atoms with E-state index in [1.807, 2.05) is 18.2 Å². The standard InChI is InChI=1S/C23H33N5O5S/c1-5-34(30,31)33-22(32-23-25-16(2)20(24)17(3)26-23)21(29)27(4)19-11-13-28(14-12-19)15-18-9-7-6-8-10-18/h6-10,19,22H,5,11-15,24H2,1-4H3. The van der Waals surface area contributed by atoms with Crippen LogP contribution in [0, 0.1) is 13.8 Å². The van der Waals surface area contributed by atoms with Crippen molar-refractivity contribution in [3.63, 3.8) is 0 Å². The van der Waals surface area contributed by atoms with Gasteiger partial charge in [-0.1, -0.05) is 30.3 Å². The van der Waals surface area contributed by atoms with Gasteiger partial charge in [0, 0.05) is 32.7 Å². The average Bonchev–Trinajstić information content (AvgIpc) is 2.82. The molecule has 11 heteroatoms. The van der Waals surface area contributed by atoms with E-state index in [2.05, 4.69) is 27.0 Å². The molecule has 0 saturated carbocycles. The topological polar surface area (TPSA) is 128 Å². The van der Waals surface area contributed by atoms with Gasteiger partial charge in [0.05, 0.1) is 22.8 Å². The van der Waals surface area contributed by atoms with E-state index in [9.17, 15) is 13.2 Å². The van der Waals surface area contributed by atoms with Crippen molar-refractivity contribution < 1.29 is 22.1 Å². The highest BCUT2D eigenvalue weighted by Crippen LogP contribution is 2.21. The van der Waals surface area contributed by atoms with Crippen molar-refractivity contribution >= 4 is 21.7 Å².